The predicted octanol–water partition coefficient (Wildman–Crippen LogP) is 6.11. The fourth-order valence-corrected chi connectivity index (χ4v) is 3.96. The molecule has 0 saturated carbocycles. The number of halogens is 3. The van der Waals surface area contributed by atoms with Gasteiger partial charge in [-0.1, -0.05) is 36.4 Å². The van der Waals surface area contributed by atoms with Gasteiger partial charge >= 0.3 is 0 Å². The van der Waals surface area contributed by atoms with Crippen LogP contribution in [0.4, 0.5) is 13.2 Å². The van der Waals surface area contributed by atoms with Crippen molar-refractivity contribution in [1.29, 1.82) is 0 Å². The van der Waals surface area contributed by atoms with Gasteiger partial charge < -0.3 is 0 Å². The van der Waals surface area contributed by atoms with Crippen molar-refractivity contribution in [3.63, 3.8) is 0 Å². The van der Waals surface area contributed by atoms with Gasteiger partial charge in [0.1, 0.15) is 5.82 Å². The lowest BCUT2D eigenvalue weighted by molar-refractivity contribution is 0.305. The minimum Gasteiger partial charge on any atom is -0.299 e. The third-order valence-electron chi connectivity index (χ3n) is 5.90. The van der Waals surface area contributed by atoms with Crippen LogP contribution in [0.25, 0.3) is 16.7 Å². The Morgan fingerprint density at radius 1 is 0.968 bits per heavy atom. The van der Waals surface area contributed by atoms with E-state index in [2.05, 4.69) is 40.2 Å². The SMILES string of the molecule is Cc1ccc(-c2cccc(CCN3CC=C(c4cc(F)c(F)c(C)c4F)CC3)c2)cn1. The molecule has 1 aromatic heterocycles. The van der Waals surface area contributed by atoms with Crippen molar-refractivity contribution in [1.82, 2.24) is 9.88 Å². The summed E-state index contributed by atoms with van der Waals surface area (Å²) in [5, 5.41) is 0. The first-order valence-electron chi connectivity index (χ1n) is 10.5. The molecular formula is C26H25F3N2. The van der Waals surface area contributed by atoms with Crippen molar-refractivity contribution >= 4 is 5.57 Å². The van der Waals surface area contributed by atoms with Crippen LogP contribution in [-0.2, 0) is 6.42 Å². The van der Waals surface area contributed by atoms with Crippen molar-refractivity contribution in [2.75, 3.05) is 19.6 Å². The van der Waals surface area contributed by atoms with Crippen LogP contribution in [0.2, 0.25) is 0 Å². The molecule has 4 rings (SSSR count). The van der Waals surface area contributed by atoms with E-state index >= 15 is 0 Å². The monoisotopic (exact) mass is 422 g/mol. The fourth-order valence-electron chi connectivity index (χ4n) is 3.96. The molecule has 0 radical (unpaired) electrons. The maximum atomic E-state index is 14.4. The van der Waals surface area contributed by atoms with Gasteiger partial charge in [0.25, 0.3) is 0 Å². The van der Waals surface area contributed by atoms with Crippen molar-refractivity contribution in [3.8, 4) is 11.1 Å². The summed E-state index contributed by atoms with van der Waals surface area (Å²) in [5.41, 5.74) is 5.14. The summed E-state index contributed by atoms with van der Waals surface area (Å²) in [5.74, 6) is -2.77. The third kappa shape index (κ3) is 4.72. The van der Waals surface area contributed by atoms with Crippen LogP contribution in [-0.4, -0.2) is 29.5 Å². The molecule has 0 spiro atoms. The zero-order chi connectivity index (χ0) is 22.0. The van der Waals surface area contributed by atoms with Gasteiger partial charge in [-0.2, -0.15) is 0 Å². The van der Waals surface area contributed by atoms with E-state index in [0.29, 0.717) is 13.0 Å². The van der Waals surface area contributed by atoms with E-state index in [1.165, 1.54) is 12.5 Å². The van der Waals surface area contributed by atoms with Crippen LogP contribution in [0.15, 0.2) is 54.7 Å². The molecule has 2 heterocycles. The Kier molecular flexibility index (Phi) is 6.23. The molecule has 0 unspecified atom stereocenters. The number of aromatic nitrogens is 1. The minimum atomic E-state index is -1.11. The highest BCUT2D eigenvalue weighted by Crippen LogP contribution is 2.29. The molecule has 160 valence electrons. The zero-order valence-corrected chi connectivity index (χ0v) is 17.8. The van der Waals surface area contributed by atoms with Crippen molar-refractivity contribution in [2.24, 2.45) is 0 Å². The molecule has 0 bridgehead atoms. The Hall–Kier alpha value is -2.92. The smallest absolute Gasteiger partial charge is 0.164 e. The highest BCUT2D eigenvalue weighted by molar-refractivity contribution is 5.68. The van der Waals surface area contributed by atoms with E-state index in [-0.39, 0.29) is 11.1 Å². The van der Waals surface area contributed by atoms with E-state index in [1.807, 2.05) is 25.3 Å². The topological polar surface area (TPSA) is 16.1 Å². The van der Waals surface area contributed by atoms with Crippen LogP contribution in [0.3, 0.4) is 0 Å². The first-order valence-corrected chi connectivity index (χ1v) is 10.5. The second-order valence-corrected chi connectivity index (χ2v) is 8.08. The molecule has 0 fully saturated rings. The quantitative estimate of drug-likeness (QED) is 0.461. The summed E-state index contributed by atoms with van der Waals surface area (Å²) in [6.07, 6.45) is 5.32. The van der Waals surface area contributed by atoms with Gasteiger partial charge in [0.05, 0.1) is 0 Å². The molecule has 31 heavy (non-hydrogen) atoms. The number of rotatable bonds is 5. The van der Waals surface area contributed by atoms with Crippen LogP contribution in [0.5, 0.6) is 0 Å². The molecule has 5 heteroatoms. The second-order valence-electron chi connectivity index (χ2n) is 8.08. The Bertz CT molecular complexity index is 1120. The second kappa shape index (κ2) is 9.06. The average molecular weight is 422 g/mol. The average Bonchev–Trinajstić information content (AvgIpc) is 2.80. The first kappa shape index (κ1) is 21.3. The fraction of sp³-hybridized carbons (Fsp3) is 0.269. The molecular weight excluding hydrogens is 397 g/mol. The summed E-state index contributed by atoms with van der Waals surface area (Å²) < 4.78 is 41.8. The van der Waals surface area contributed by atoms with Crippen LogP contribution in [0, 0.1) is 31.3 Å². The normalized spacial score (nSPS) is 14.5. The maximum absolute atomic E-state index is 14.4. The molecule has 2 aromatic carbocycles. The maximum Gasteiger partial charge on any atom is 0.164 e. The summed E-state index contributed by atoms with van der Waals surface area (Å²) in [6.45, 7) is 5.53. The first-order chi connectivity index (χ1) is 14.9. The van der Waals surface area contributed by atoms with E-state index in [1.54, 1.807) is 0 Å². The molecule has 1 aliphatic rings. The summed E-state index contributed by atoms with van der Waals surface area (Å²) in [7, 11) is 0. The zero-order valence-electron chi connectivity index (χ0n) is 17.8. The molecule has 0 atom stereocenters. The molecule has 0 amide bonds. The van der Waals surface area contributed by atoms with Gasteiger partial charge in [-0.05, 0) is 55.5 Å². The minimum absolute atomic E-state index is 0.176. The standard InChI is InChI=1S/C26H25F3N2/c1-17-6-7-22(16-30-17)21-5-3-4-19(14-21)8-11-31-12-9-20(10-13-31)23-15-24(27)26(29)18(2)25(23)28/h3-7,9,14-16H,8,10-13H2,1-2H3. The lowest BCUT2D eigenvalue weighted by atomic mass is 9.96. The summed E-state index contributed by atoms with van der Waals surface area (Å²) >= 11 is 0. The van der Waals surface area contributed by atoms with Gasteiger partial charge in [0.15, 0.2) is 11.6 Å². The third-order valence-corrected chi connectivity index (χ3v) is 5.90. The van der Waals surface area contributed by atoms with Gasteiger partial charge in [0, 0.05) is 48.2 Å². The molecule has 0 N–H and O–H groups in total. The Morgan fingerprint density at radius 2 is 1.81 bits per heavy atom. The van der Waals surface area contributed by atoms with Crippen molar-refractivity contribution in [3.05, 3.63) is 94.6 Å². The largest absolute Gasteiger partial charge is 0.299 e. The number of pyridine rings is 1. The van der Waals surface area contributed by atoms with E-state index in [0.717, 1.165) is 48.0 Å². The Morgan fingerprint density at radius 3 is 2.52 bits per heavy atom. The number of aryl methyl sites for hydroxylation is 1. The predicted molar refractivity (Wildman–Crippen MR) is 118 cm³/mol. The van der Waals surface area contributed by atoms with Gasteiger partial charge in [-0.25, -0.2) is 13.2 Å². The van der Waals surface area contributed by atoms with Crippen LogP contribution < -0.4 is 0 Å². The highest BCUT2D eigenvalue weighted by atomic mass is 19.2. The Balaban J connectivity index is 1.40. The van der Waals surface area contributed by atoms with Gasteiger partial charge in [0.2, 0.25) is 0 Å². The number of nitrogens with zero attached hydrogens (tertiary/aromatic N) is 2. The molecule has 3 aromatic rings. The number of hydrogen-bond donors (Lipinski definition) is 0. The van der Waals surface area contributed by atoms with E-state index < -0.39 is 17.5 Å². The molecule has 2 nitrogen and oxygen atoms in total. The summed E-state index contributed by atoms with van der Waals surface area (Å²) in [4.78, 5) is 6.66. The summed E-state index contributed by atoms with van der Waals surface area (Å²) in [6, 6.07) is 13.5. The number of benzene rings is 2. The van der Waals surface area contributed by atoms with Crippen molar-refractivity contribution in [2.45, 2.75) is 26.7 Å². The Labute approximate surface area is 181 Å². The molecule has 0 saturated heterocycles. The highest BCUT2D eigenvalue weighted by Gasteiger charge is 2.20. The lowest BCUT2D eigenvalue weighted by Gasteiger charge is -2.27. The number of hydrogen-bond acceptors (Lipinski definition) is 2. The van der Waals surface area contributed by atoms with Gasteiger partial charge in [-0.15, -0.1) is 0 Å². The van der Waals surface area contributed by atoms with E-state index in [4.69, 9.17) is 0 Å². The molecule has 0 aliphatic carbocycles. The van der Waals surface area contributed by atoms with Gasteiger partial charge in [-0.3, -0.25) is 9.88 Å². The van der Waals surface area contributed by atoms with E-state index in [9.17, 15) is 13.2 Å². The molecule has 1 aliphatic heterocycles. The van der Waals surface area contributed by atoms with Crippen molar-refractivity contribution < 1.29 is 13.2 Å². The lowest BCUT2D eigenvalue weighted by Crippen LogP contribution is -2.30. The van der Waals surface area contributed by atoms with Crippen LogP contribution >= 0.6 is 0 Å². The van der Waals surface area contributed by atoms with Crippen LogP contribution in [0.1, 0.15) is 28.8 Å².